The Morgan fingerprint density at radius 3 is 1.97 bits per heavy atom. The number of aliphatic hydroxyl groups is 1. The number of benzene rings is 3. The first kappa shape index (κ1) is 44.4. The second-order valence-electron chi connectivity index (χ2n) is 20.3. The summed E-state index contributed by atoms with van der Waals surface area (Å²) in [6.07, 6.45) is 16.8. The molecule has 5 heteroatoms. The quantitative estimate of drug-likeness (QED) is 0.123. The summed E-state index contributed by atoms with van der Waals surface area (Å²) >= 11 is 0. The molecule has 3 aromatic carbocycles. The van der Waals surface area contributed by atoms with Crippen molar-refractivity contribution in [3.63, 3.8) is 0 Å². The first-order valence-corrected chi connectivity index (χ1v) is 23.7. The van der Waals surface area contributed by atoms with Gasteiger partial charge in [0.2, 0.25) is 0 Å². The normalized spacial score (nSPS) is 29.3. The van der Waals surface area contributed by atoms with Crippen molar-refractivity contribution >= 4 is 6.09 Å². The van der Waals surface area contributed by atoms with Gasteiger partial charge in [0.15, 0.2) is 0 Å². The molecule has 5 nitrogen and oxygen atoms in total. The highest BCUT2D eigenvalue weighted by atomic mass is 16.6. The second kappa shape index (κ2) is 18.7. The minimum absolute atomic E-state index is 0.0280. The predicted molar refractivity (Wildman–Crippen MR) is 245 cm³/mol. The van der Waals surface area contributed by atoms with Gasteiger partial charge in [-0.1, -0.05) is 156 Å². The Labute approximate surface area is 363 Å². The lowest BCUT2D eigenvalue weighted by Gasteiger charge is -2.58. The molecule has 4 aliphatic carbocycles. The third kappa shape index (κ3) is 8.69. The molecule has 7 rings (SSSR count). The van der Waals surface area contributed by atoms with E-state index in [0.717, 1.165) is 53.7 Å². The molecule has 60 heavy (non-hydrogen) atoms. The maximum absolute atomic E-state index is 14.0. The molecule has 0 saturated heterocycles. The van der Waals surface area contributed by atoms with E-state index < -0.39 is 11.7 Å². The number of hydrogen-bond donors (Lipinski definition) is 1. The van der Waals surface area contributed by atoms with Crippen LogP contribution in [0.25, 0.3) is 0 Å². The maximum atomic E-state index is 14.0. The number of rotatable bonds is 15. The van der Waals surface area contributed by atoms with Gasteiger partial charge in [0, 0.05) is 12.5 Å². The molecule has 0 radical (unpaired) electrons. The molecule has 324 valence electrons. The van der Waals surface area contributed by atoms with Gasteiger partial charge in [-0.3, -0.25) is 0 Å². The summed E-state index contributed by atoms with van der Waals surface area (Å²) in [5, 5.41) is 11.6. The molecule has 0 spiro atoms. The third-order valence-electron chi connectivity index (χ3n) is 16.3. The molecule has 0 bridgehead atoms. The van der Waals surface area contributed by atoms with Gasteiger partial charge in [0.25, 0.3) is 0 Å². The molecule has 3 fully saturated rings. The number of carbonyl (C=O) groups excluding carboxylic acids is 1. The molecule has 10 atom stereocenters. The van der Waals surface area contributed by atoms with Crippen molar-refractivity contribution in [2.24, 2.45) is 52.3 Å². The molecular weight excluding hydrogens is 739 g/mol. The average molecular weight is 814 g/mol. The Hall–Kier alpha value is -3.67. The Bertz CT molecular complexity index is 1810. The van der Waals surface area contributed by atoms with E-state index in [-0.39, 0.29) is 36.8 Å². The number of aliphatic hydroxyl groups excluding tert-OH is 1. The minimum atomic E-state index is -0.951. The monoisotopic (exact) mass is 814 g/mol. The fourth-order valence-electron chi connectivity index (χ4n) is 12.9. The fraction of sp³-hybridized carbons (Fsp3) is 0.582. The zero-order valence-electron chi connectivity index (χ0n) is 38.1. The number of hydrogen-bond acceptors (Lipinski definition) is 4. The summed E-state index contributed by atoms with van der Waals surface area (Å²) in [6, 6.07) is 30.4. The molecule has 0 aromatic heterocycles. The van der Waals surface area contributed by atoms with Gasteiger partial charge in [0.05, 0.1) is 19.3 Å². The Morgan fingerprint density at radius 2 is 1.42 bits per heavy atom. The number of amides is 1. The zero-order valence-corrected chi connectivity index (χ0v) is 38.1. The molecule has 4 aliphatic rings. The van der Waals surface area contributed by atoms with E-state index in [1.54, 1.807) is 4.90 Å². The van der Waals surface area contributed by atoms with Crippen molar-refractivity contribution in [1.29, 1.82) is 0 Å². The van der Waals surface area contributed by atoms with Gasteiger partial charge in [-0.2, -0.15) is 0 Å². The Balaban J connectivity index is 1.000. The Morgan fingerprint density at radius 1 is 0.817 bits per heavy atom. The van der Waals surface area contributed by atoms with Crippen molar-refractivity contribution in [3.8, 4) is 0 Å². The van der Waals surface area contributed by atoms with Crippen molar-refractivity contribution in [1.82, 2.24) is 4.90 Å². The second-order valence-corrected chi connectivity index (χ2v) is 20.3. The van der Waals surface area contributed by atoms with Gasteiger partial charge >= 0.3 is 6.09 Å². The smallest absolute Gasteiger partial charge is 0.410 e. The van der Waals surface area contributed by atoms with E-state index in [4.69, 9.17) is 9.47 Å². The van der Waals surface area contributed by atoms with Crippen molar-refractivity contribution in [2.75, 3.05) is 13.2 Å². The van der Waals surface area contributed by atoms with E-state index in [9.17, 15) is 9.90 Å². The van der Waals surface area contributed by atoms with Crippen LogP contribution in [0.5, 0.6) is 0 Å². The van der Waals surface area contributed by atoms with Crippen LogP contribution in [0.3, 0.4) is 0 Å². The molecule has 1 unspecified atom stereocenters. The summed E-state index contributed by atoms with van der Waals surface area (Å²) in [6.45, 7) is 18.9. The van der Waals surface area contributed by atoms with Crippen molar-refractivity contribution in [2.45, 2.75) is 137 Å². The molecule has 0 heterocycles. The Kier molecular flexibility index (Phi) is 13.9. The number of fused-ring (bicyclic) bond motifs is 5. The predicted octanol–water partition coefficient (Wildman–Crippen LogP) is 13.0. The van der Waals surface area contributed by atoms with Crippen LogP contribution >= 0.6 is 0 Å². The summed E-state index contributed by atoms with van der Waals surface area (Å²) in [5.41, 5.74) is 4.08. The molecular formula is C55H75NO4. The lowest BCUT2D eigenvalue weighted by molar-refractivity contribution is -0.0605. The number of ether oxygens (including phenoxy) is 2. The minimum Gasteiger partial charge on any atom is -0.446 e. The molecule has 3 aromatic rings. The summed E-state index contributed by atoms with van der Waals surface area (Å²) in [5.74, 6) is 5.03. The van der Waals surface area contributed by atoms with Crippen LogP contribution in [-0.4, -0.2) is 47.5 Å². The molecule has 1 N–H and O–H groups in total. The molecule has 0 aliphatic heterocycles. The highest BCUT2D eigenvalue weighted by molar-refractivity contribution is 5.68. The lowest BCUT2D eigenvalue weighted by atomic mass is 9.47. The standard InChI is InChI=1S/C55H75NO4/c1-9-41(38(2)3)26-25-40(6)49-29-30-50-48-28-27-45-35-47(31-33-53(45,7)51(48)32-34-54(49,50)8)60-52(58)56(39(4)5)36-46(57)37-59-55(42-19-13-10-14-20-42,43-21-15-11-16-22-43)44-23-17-12-18-24-44/h10-27,38-41,46-51,57H,9,28-37H2,1-8H3/b26-25+/t40-,41-,46?,47+,48+,49-,50+,51+,53+,54-/m1/s1. The van der Waals surface area contributed by atoms with E-state index in [0.29, 0.717) is 29.1 Å². The van der Waals surface area contributed by atoms with Gasteiger partial charge in [-0.25, -0.2) is 4.79 Å². The fourth-order valence-corrected chi connectivity index (χ4v) is 12.9. The topological polar surface area (TPSA) is 59.0 Å². The van der Waals surface area contributed by atoms with Gasteiger partial charge in [-0.05, 0) is 134 Å². The number of allylic oxidation sites excluding steroid dienone is 3. The van der Waals surface area contributed by atoms with Crippen LogP contribution in [0, 0.1) is 52.3 Å². The van der Waals surface area contributed by atoms with Crippen LogP contribution in [0.2, 0.25) is 0 Å². The lowest BCUT2D eigenvalue weighted by Crippen LogP contribution is -2.51. The summed E-state index contributed by atoms with van der Waals surface area (Å²) in [7, 11) is 0. The summed E-state index contributed by atoms with van der Waals surface area (Å²) < 4.78 is 13.3. The van der Waals surface area contributed by atoms with Crippen LogP contribution in [0.1, 0.15) is 130 Å². The van der Waals surface area contributed by atoms with Crippen LogP contribution in [-0.2, 0) is 15.1 Å². The van der Waals surface area contributed by atoms with Crippen LogP contribution in [0.4, 0.5) is 4.79 Å². The SMILES string of the molecule is CC[C@H](/C=C/[C@@H](C)[C@H]1CC[C@H]2[C@@H]3CC=C4C[C@@H](OC(=O)N(CC(O)COC(c5ccccc5)(c5ccccc5)c5ccccc5)C(C)C)CC[C@]4(C)[C@H]3CC[C@]12C)C(C)C. The van der Waals surface area contributed by atoms with Gasteiger partial charge in [-0.15, -0.1) is 0 Å². The highest BCUT2D eigenvalue weighted by Gasteiger charge is 2.59. The summed E-state index contributed by atoms with van der Waals surface area (Å²) in [4.78, 5) is 15.7. The first-order chi connectivity index (χ1) is 28.8. The van der Waals surface area contributed by atoms with E-state index in [1.165, 1.54) is 44.1 Å². The third-order valence-corrected chi connectivity index (χ3v) is 16.3. The largest absolute Gasteiger partial charge is 0.446 e. The van der Waals surface area contributed by atoms with Gasteiger partial charge in [0.1, 0.15) is 11.7 Å². The maximum Gasteiger partial charge on any atom is 0.410 e. The average Bonchev–Trinajstić information content (AvgIpc) is 3.61. The molecule has 3 saturated carbocycles. The van der Waals surface area contributed by atoms with Gasteiger partial charge < -0.3 is 19.5 Å². The highest BCUT2D eigenvalue weighted by Crippen LogP contribution is 2.67. The van der Waals surface area contributed by atoms with Crippen LogP contribution < -0.4 is 0 Å². The van der Waals surface area contributed by atoms with E-state index >= 15 is 0 Å². The number of carbonyl (C=O) groups is 1. The zero-order chi connectivity index (χ0) is 42.7. The van der Waals surface area contributed by atoms with Crippen molar-refractivity contribution < 1.29 is 19.4 Å². The van der Waals surface area contributed by atoms with E-state index in [1.807, 2.05) is 68.4 Å². The first-order valence-electron chi connectivity index (χ1n) is 23.7. The number of nitrogens with zero attached hydrogens (tertiary/aromatic N) is 1. The van der Waals surface area contributed by atoms with E-state index in [2.05, 4.69) is 96.2 Å². The van der Waals surface area contributed by atoms with Crippen molar-refractivity contribution in [3.05, 3.63) is 131 Å². The molecule has 1 amide bonds. The van der Waals surface area contributed by atoms with Crippen LogP contribution in [0.15, 0.2) is 115 Å².